The van der Waals surface area contributed by atoms with Gasteiger partial charge >= 0.3 is 0 Å². The highest BCUT2D eigenvalue weighted by atomic mass is 16.2. The van der Waals surface area contributed by atoms with Crippen molar-refractivity contribution in [2.45, 2.75) is 27.7 Å². The Hall–Kier alpha value is -5.38. The quantitative estimate of drug-likeness (QED) is 0.205. The highest BCUT2D eigenvalue weighted by Gasteiger charge is 2.17. The second-order valence-corrected chi connectivity index (χ2v) is 9.88. The molecule has 0 aliphatic carbocycles. The number of hydrogen-bond donors (Lipinski definition) is 0. The number of rotatable bonds is 10. The molecular formula is C34H34N8O2. The van der Waals surface area contributed by atoms with Crippen molar-refractivity contribution >= 4 is 11.8 Å². The Morgan fingerprint density at radius 3 is 1.16 bits per heavy atom. The molecule has 0 saturated carbocycles. The van der Waals surface area contributed by atoms with Gasteiger partial charge in [0.2, 0.25) is 0 Å². The average molecular weight is 587 g/mol. The predicted octanol–water partition coefficient (Wildman–Crippen LogP) is 5.69. The first-order chi connectivity index (χ1) is 21.4. The highest BCUT2D eigenvalue weighted by Crippen LogP contribution is 2.25. The van der Waals surface area contributed by atoms with Crippen LogP contribution >= 0.6 is 0 Å². The Morgan fingerprint density at radius 1 is 0.477 bits per heavy atom. The third-order valence-electron chi connectivity index (χ3n) is 7.25. The van der Waals surface area contributed by atoms with Crippen LogP contribution in [0.5, 0.6) is 0 Å². The lowest BCUT2D eigenvalue weighted by atomic mass is 10.1. The average Bonchev–Trinajstić information content (AvgIpc) is 3.09. The first kappa shape index (κ1) is 30.1. The molecule has 2 amide bonds. The lowest BCUT2D eigenvalue weighted by Gasteiger charge is -2.18. The molecule has 0 N–H and O–H groups in total. The monoisotopic (exact) mass is 586 g/mol. The van der Waals surface area contributed by atoms with Crippen LogP contribution in [0.2, 0.25) is 0 Å². The SMILES string of the molecule is CCN(CC)C(=O)c1cccc(-c2cccc(-c3cc(-c4cccc(-c5cccc(C(=O)N(CC)CC)n5)n4)ncn3)n2)n1. The van der Waals surface area contributed by atoms with Crippen molar-refractivity contribution in [1.82, 2.24) is 39.7 Å². The first-order valence-electron chi connectivity index (χ1n) is 14.8. The molecule has 0 radical (unpaired) electrons. The van der Waals surface area contributed by atoms with Crippen LogP contribution in [0.25, 0.3) is 45.6 Å². The molecule has 0 fully saturated rings. The van der Waals surface area contributed by atoms with Gasteiger partial charge in [0, 0.05) is 26.2 Å². The summed E-state index contributed by atoms with van der Waals surface area (Å²) in [6.45, 7) is 10.2. The van der Waals surface area contributed by atoms with Crippen LogP contribution in [-0.4, -0.2) is 77.7 Å². The van der Waals surface area contributed by atoms with Crippen LogP contribution in [0.15, 0.2) is 85.2 Å². The van der Waals surface area contributed by atoms with Gasteiger partial charge in [-0.3, -0.25) is 9.59 Å². The van der Waals surface area contributed by atoms with Crippen LogP contribution in [0, 0.1) is 0 Å². The maximum atomic E-state index is 12.9. The van der Waals surface area contributed by atoms with Gasteiger partial charge < -0.3 is 9.80 Å². The summed E-state index contributed by atoms with van der Waals surface area (Å²) in [5, 5.41) is 0. The van der Waals surface area contributed by atoms with Crippen molar-refractivity contribution in [1.29, 1.82) is 0 Å². The van der Waals surface area contributed by atoms with Crippen molar-refractivity contribution in [3.05, 3.63) is 96.6 Å². The zero-order valence-electron chi connectivity index (χ0n) is 25.3. The lowest BCUT2D eigenvalue weighted by Crippen LogP contribution is -2.31. The third-order valence-corrected chi connectivity index (χ3v) is 7.25. The maximum Gasteiger partial charge on any atom is 0.272 e. The van der Waals surface area contributed by atoms with Gasteiger partial charge in [-0.1, -0.05) is 24.3 Å². The van der Waals surface area contributed by atoms with Crippen LogP contribution in [0.1, 0.15) is 48.7 Å². The van der Waals surface area contributed by atoms with E-state index in [-0.39, 0.29) is 11.8 Å². The molecule has 5 aromatic rings. The van der Waals surface area contributed by atoms with Crippen molar-refractivity contribution in [2.75, 3.05) is 26.2 Å². The molecule has 5 rings (SSSR count). The van der Waals surface area contributed by atoms with E-state index in [2.05, 4.69) is 19.9 Å². The summed E-state index contributed by atoms with van der Waals surface area (Å²) < 4.78 is 0. The molecular weight excluding hydrogens is 552 g/mol. The van der Waals surface area contributed by atoms with Gasteiger partial charge in [-0.25, -0.2) is 29.9 Å². The largest absolute Gasteiger partial charge is 0.338 e. The predicted molar refractivity (Wildman–Crippen MR) is 169 cm³/mol. The minimum Gasteiger partial charge on any atom is -0.338 e. The van der Waals surface area contributed by atoms with Crippen LogP contribution in [-0.2, 0) is 0 Å². The van der Waals surface area contributed by atoms with Gasteiger partial charge in [0.05, 0.1) is 45.6 Å². The molecule has 222 valence electrons. The fourth-order valence-electron chi connectivity index (χ4n) is 4.82. The minimum absolute atomic E-state index is 0.111. The standard InChI is InChI=1S/C34H34N8O2/c1-5-41(6-2)33(43)29-19-11-15-25(39-29)23-13-9-17-27(37-23)31-21-32(36-22-35-31)28-18-10-14-24(38-28)26-16-12-20-30(40-26)34(44)42(7-3)8-4/h9-22H,5-8H2,1-4H3. The summed E-state index contributed by atoms with van der Waals surface area (Å²) >= 11 is 0. The Balaban J connectivity index is 1.43. The van der Waals surface area contributed by atoms with Crippen molar-refractivity contribution in [2.24, 2.45) is 0 Å². The van der Waals surface area contributed by atoms with E-state index in [4.69, 9.17) is 9.97 Å². The minimum atomic E-state index is -0.111. The van der Waals surface area contributed by atoms with E-state index in [1.165, 1.54) is 6.33 Å². The van der Waals surface area contributed by atoms with E-state index >= 15 is 0 Å². The lowest BCUT2D eigenvalue weighted by molar-refractivity contribution is 0.0759. The number of carbonyl (C=O) groups is 2. The summed E-state index contributed by atoms with van der Waals surface area (Å²) in [7, 11) is 0. The molecule has 0 unspecified atom stereocenters. The number of aromatic nitrogens is 6. The van der Waals surface area contributed by atoms with Crippen molar-refractivity contribution in [3.8, 4) is 45.6 Å². The summed E-state index contributed by atoms with van der Waals surface area (Å²) in [5.41, 5.74) is 5.71. The van der Waals surface area contributed by atoms with Gasteiger partial charge in [-0.15, -0.1) is 0 Å². The molecule has 5 heterocycles. The molecule has 0 aliphatic rings. The second-order valence-electron chi connectivity index (χ2n) is 9.88. The maximum absolute atomic E-state index is 12.9. The zero-order valence-corrected chi connectivity index (χ0v) is 25.3. The fourth-order valence-corrected chi connectivity index (χ4v) is 4.82. The summed E-state index contributed by atoms with van der Waals surface area (Å²) in [6.07, 6.45) is 1.48. The van der Waals surface area contributed by atoms with Gasteiger partial charge in [-0.2, -0.15) is 0 Å². The van der Waals surface area contributed by atoms with Crippen molar-refractivity contribution in [3.63, 3.8) is 0 Å². The Morgan fingerprint density at radius 2 is 0.795 bits per heavy atom. The van der Waals surface area contributed by atoms with E-state index in [0.717, 1.165) is 0 Å². The molecule has 10 nitrogen and oxygen atoms in total. The van der Waals surface area contributed by atoms with Crippen molar-refractivity contribution < 1.29 is 9.59 Å². The van der Waals surface area contributed by atoms with E-state index < -0.39 is 0 Å². The van der Waals surface area contributed by atoms with Gasteiger partial charge in [0.15, 0.2) is 0 Å². The van der Waals surface area contributed by atoms with E-state index in [1.54, 1.807) is 21.9 Å². The van der Waals surface area contributed by atoms with Gasteiger partial charge in [0.25, 0.3) is 11.8 Å². The van der Waals surface area contributed by atoms with Gasteiger partial charge in [-0.05, 0) is 82.3 Å². The second kappa shape index (κ2) is 13.7. The first-order valence-corrected chi connectivity index (χ1v) is 14.8. The summed E-state index contributed by atoms with van der Waals surface area (Å²) in [6, 6.07) is 23.8. The topological polar surface area (TPSA) is 118 Å². The van der Waals surface area contributed by atoms with Crippen LogP contribution in [0.4, 0.5) is 0 Å². The fraction of sp³-hybridized carbons (Fsp3) is 0.235. The smallest absolute Gasteiger partial charge is 0.272 e. The molecule has 0 spiro atoms. The molecule has 0 bridgehead atoms. The molecule has 10 heteroatoms. The number of pyridine rings is 4. The Kier molecular flexibility index (Phi) is 9.39. The Bertz CT molecular complexity index is 1660. The molecule has 44 heavy (non-hydrogen) atoms. The molecule has 0 aromatic carbocycles. The summed E-state index contributed by atoms with van der Waals surface area (Å²) in [5.74, 6) is -0.221. The van der Waals surface area contributed by atoms with E-state index in [9.17, 15) is 9.59 Å². The number of amides is 2. The number of carbonyl (C=O) groups excluding carboxylic acids is 2. The Labute approximate surface area is 256 Å². The molecule has 5 aromatic heterocycles. The molecule has 0 saturated heterocycles. The van der Waals surface area contributed by atoms with Crippen LogP contribution < -0.4 is 0 Å². The highest BCUT2D eigenvalue weighted by molar-refractivity contribution is 5.93. The normalized spacial score (nSPS) is 10.8. The van der Waals surface area contributed by atoms with Gasteiger partial charge in [0.1, 0.15) is 17.7 Å². The van der Waals surface area contributed by atoms with E-state index in [0.29, 0.717) is 83.1 Å². The number of nitrogens with zero attached hydrogens (tertiary/aromatic N) is 8. The number of hydrogen-bond acceptors (Lipinski definition) is 8. The van der Waals surface area contributed by atoms with E-state index in [1.807, 2.05) is 94.4 Å². The zero-order chi connectivity index (χ0) is 31.1. The van der Waals surface area contributed by atoms with Crippen LogP contribution in [0.3, 0.4) is 0 Å². The molecule has 0 aliphatic heterocycles. The third kappa shape index (κ3) is 6.49. The molecule has 0 atom stereocenters. The summed E-state index contributed by atoms with van der Waals surface area (Å²) in [4.78, 5) is 57.0.